The Morgan fingerprint density at radius 1 is 1.57 bits per heavy atom. The third kappa shape index (κ3) is 2.40. The smallest absolute Gasteiger partial charge is 0.0741 e. The van der Waals surface area contributed by atoms with Crippen molar-refractivity contribution in [3.05, 3.63) is 12.7 Å². The highest BCUT2D eigenvalue weighted by Gasteiger charge is 2.00. The van der Waals surface area contributed by atoms with E-state index in [0.29, 0.717) is 5.92 Å². The SMILES string of the molecule is C=C[C@H](O)C(C)C. The Labute approximate surface area is 44.7 Å². The third-order valence-electron chi connectivity index (χ3n) is 0.925. The lowest BCUT2D eigenvalue weighted by Gasteiger charge is -2.06. The van der Waals surface area contributed by atoms with Gasteiger partial charge in [0.05, 0.1) is 6.10 Å². The van der Waals surface area contributed by atoms with E-state index in [1.54, 1.807) is 6.08 Å². The van der Waals surface area contributed by atoms with Gasteiger partial charge in [-0.2, -0.15) is 0 Å². The second kappa shape index (κ2) is 2.80. The lowest BCUT2D eigenvalue weighted by Crippen LogP contribution is -2.09. The Hall–Kier alpha value is -0.300. The van der Waals surface area contributed by atoms with Crippen LogP contribution in [-0.4, -0.2) is 11.2 Å². The van der Waals surface area contributed by atoms with Crippen molar-refractivity contribution in [1.29, 1.82) is 0 Å². The molecule has 42 valence electrons. The van der Waals surface area contributed by atoms with Crippen molar-refractivity contribution in [2.45, 2.75) is 20.0 Å². The van der Waals surface area contributed by atoms with E-state index >= 15 is 0 Å². The van der Waals surface area contributed by atoms with E-state index in [1.165, 1.54) is 0 Å². The first-order valence-corrected chi connectivity index (χ1v) is 2.49. The molecule has 0 saturated carbocycles. The molecule has 0 aliphatic rings. The van der Waals surface area contributed by atoms with E-state index < -0.39 is 0 Å². The molecule has 0 aromatic rings. The summed E-state index contributed by atoms with van der Waals surface area (Å²) in [4.78, 5) is 0. The molecule has 7 heavy (non-hydrogen) atoms. The zero-order valence-corrected chi connectivity index (χ0v) is 4.89. The van der Waals surface area contributed by atoms with Crippen molar-refractivity contribution < 1.29 is 5.11 Å². The van der Waals surface area contributed by atoms with Crippen LogP contribution in [0.1, 0.15) is 13.8 Å². The first-order chi connectivity index (χ1) is 3.18. The highest BCUT2D eigenvalue weighted by molar-refractivity contribution is 4.79. The molecule has 0 rings (SSSR count). The van der Waals surface area contributed by atoms with Crippen LogP contribution in [0.3, 0.4) is 0 Å². The second-order valence-corrected chi connectivity index (χ2v) is 1.97. The van der Waals surface area contributed by atoms with Crippen molar-refractivity contribution in [3.63, 3.8) is 0 Å². The van der Waals surface area contributed by atoms with Gasteiger partial charge in [0.15, 0.2) is 0 Å². The second-order valence-electron chi connectivity index (χ2n) is 1.97. The van der Waals surface area contributed by atoms with Crippen LogP contribution in [0, 0.1) is 5.92 Å². The Bertz CT molecular complexity index is 57.2. The maximum absolute atomic E-state index is 8.82. The Morgan fingerprint density at radius 2 is 2.00 bits per heavy atom. The van der Waals surface area contributed by atoms with Crippen molar-refractivity contribution in [2.75, 3.05) is 0 Å². The number of aliphatic hydroxyl groups is 1. The molecule has 1 heteroatoms. The molecule has 0 bridgehead atoms. The Morgan fingerprint density at radius 3 is 2.00 bits per heavy atom. The molecule has 0 aromatic carbocycles. The van der Waals surface area contributed by atoms with Crippen LogP contribution in [-0.2, 0) is 0 Å². The zero-order valence-electron chi connectivity index (χ0n) is 4.89. The van der Waals surface area contributed by atoms with Crippen LogP contribution in [0.4, 0.5) is 0 Å². The van der Waals surface area contributed by atoms with E-state index in [-0.39, 0.29) is 6.10 Å². The monoisotopic (exact) mass is 100 g/mol. The summed E-state index contributed by atoms with van der Waals surface area (Å²) < 4.78 is 0. The standard InChI is InChI=1S/C6H12O/c1-4-6(7)5(2)3/h4-7H,1H2,2-3H3/t6-/m0/s1. The van der Waals surface area contributed by atoms with Gasteiger partial charge >= 0.3 is 0 Å². The van der Waals surface area contributed by atoms with Gasteiger partial charge in [-0.05, 0) is 5.92 Å². The highest BCUT2D eigenvalue weighted by atomic mass is 16.3. The van der Waals surface area contributed by atoms with Crippen LogP contribution in [0.5, 0.6) is 0 Å². The summed E-state index contributed by atoms with van der Waals surface area (Å²) in [5.74, 6) is 0.303. The van der Waals surface area contributed by atoms with Gasteiger partial charge in [-0.1, -0.05) is 19.9 Å². The summed E-state index contributed by atoms with van der Waals surface area (Å²) in [6, 6.07) is 0. The molecule has 1 N–H and O–H groups in total. The lowest BCUT2D eigenvalue weighted by molar-refractivity contribution is 0.172. The van der Waals surface area contributed by atoms with Gasteiger partial charge in [-0.15, -0.1) is 6.58 Å². The molecule has 0 fully saturated rings. The average molecular weight is 100 g/mol. The van der Waals surface area contributed by atoms with Gasteiger partial charge < -0.3 is 5.11 Å². The number of aliphatic hydroxyl groups excluding tert-OH is 1. The fourth-order valence-corrected chi connectivity index (χ4v) is 0.272. The van der Waals surface area contributed by atoms with E-state index in [4.69, 9.17) is 5.11 Å². The Balaban J connectivity index is 3.33. The first kappa shape index (κ1) is 6.70. The topological polar surface area (TPSA) is 20.2 Å². The van der Waals surface area contributed by atoms with Gasteiger partial charge in [0, 0.05) is 0 Å². The number of rotatable bonds is 2. The molecule has 1 atom stereocenters. The van der Waals surface area contributed by atoms with Crippen LogP contribution in [0.2, 0.25) is 0 Å². The fraction of sp³-hybridized carbons (Fsp3) is 0.667. The molecule has 0 unspecified atom stereocenters. The normalized spacial score (nSPS) is 14.3. The van der Waals surface area contributed by atoms with Crippen molar-refractivity contribution in [3.8, 4) is 0 Å². The van der Waals surface area contributed by atoms with Gasteiger partial charge in [0.1, 0.15) is 0 Å². The lowest BCUT2D eigenvalue weighted by atomic mass is 10.1. The molecule has 0 radical (unpaired) electrons. The number of hydrogen-bond donors (Lipinski definition) is 1. The molecule has 0 aromatic heterocycles. The molecular formula is C6H12O. The summed E-state index contributed by atoms with van der Waals surface area (Å²) >= 11 is 0. The van der Waals surface area contributed by atoms with Gasteiger partial charge in [-0.3, -0.25) is 0 Å². The quantitative estimate of drug-likeness (QED) is 0.517. The van der Waals surface area contributed by atoms with E-state index in [1.807, 2.05) is 13.8 Å². The molecule has 0 heterocycles. The van der Waals surface area contributed by atoms with E-state index in [0.717, 1.165) is 0 Å². The highest BCUT2D eigenvalue weighted by Crippen LogP contribution is 1.99. The maximum Gasteiger partial charge on any atom is 0.0741 e. The summed E-state index contributed by atoms with van der Waals surface area (Å²) in [5.41, 5.74) is 0. The fourth-order valence-electron chi connectivity index (χ4n) is 0.272. The van der Waals surface area contributed by atoms with Crippen LogP contribution >= 0.6 is 0 Å². The zero-order chi connectivity index (χ0) is 5.86. The van der Waals surface area contributed by atoms with Crippen molar-refractivity contribution in [1.82, 2.24) is 0 Å². The molecule has 0 spiro atoms. The minimum Gasteiger partial charge on any atom is -0.389 e. The average Bonchev–Trinajstić information content (AvgIpc) is 1.65. The predicted octanol–water partition coefficient (Wildman–Crippen LogP) is 1.19. The molecule has 1 nitrogen and oxygen atoms in total. The van der Waals surface area contributed by atoms with E-state index in [2.05, 4.69) is 6.58 Å². The minimum absolute atomic E-state index is 0.303. The number of hydrogen-bond acceptors (Lipinski definition) is 1. The van der Waals surface area contributed by atoms with Crippen molar-refractivity contribution >= 4 is 0 Å². The largest absolute Gasteiger partial charge is 0.389 e. The van der Waals surface area contributed by atoms with Crippen LogP contribution in [0.25, 0.3) is 0 Å². The van der Waals surface area contributed by atoms with Crippen LogP contribution in [0.15, 0.2) is 12.7 Å². The predicted molar refractivity (Wildman–Crippen MR) is 31.0 cm³/mol. The maximum atomic E-state index is 8.82. The molecular weight excluding hydrogens is 88.1 g/mol. The summed E-state index contributed by atoms with van der Waals surface area (Å²) in [7, 11) is 0. The Kier molecular flexibility index (Phi) is 2.68. The van der Waals surface area contributed by atoms with Crippen molar-refractivity contribution in [2.24, 2.45) is 5.92 Å². The summed E-state index contributed by atoms with van der Waals surface area (Å²) in [6.07, 6.45) is 1.21. The molecule has 0 aliphatic carbocycles. The molecule has 0 saturated heterocycles. The van der Waals surface area contributed by atoms with E-state index in [9.17, 15) is 0 Å². The first-order valence-electron chi connectivity index (χ1n) is 2.49. The van der Waals surface area contributed by atoms with Gasteiger partial charge in [-0.25, -0.2) is 0 Å². The molecule has 0 aliphatic heterocycles. The summed E-state index contributed by atoms with van der Waals surface area (Å²) in [5, 5.41) is 8.82. The minimum atomic E-state index is -0.333. The van der Waals surface area contributed by atoms with Gasteiger partial charge in [0.2, 0.25) is 0 Å². The third-order valence-corrected chi connectivity index (χ3v) is 0.925. The summed E-state index contributed by atoms with van der Waals surface area (Å²) in [6.45, 7) is 7.33. The van der Waals surface area contributed by atoms with Gasteiger partial charge in [0.25, 0.3) is 0 Å². The van der Waals surface area contributed by atoms with Crippen LogP contribution < -0.4 is 0 Å². The molecule has 0 amide bonds.